The van der Waals surface area contributed by atoms with Crippen LogP contribution in [0.1, 0.15) is 0 Å². The molecule has 0 saturated heterocycles. The molecular formula is C42H26N4. The second kappa shape index (κ2) is 11.6. The molecule has 0 atom stereocenters. The molecule has 0 spiro atoms. The Hall–Kier alpha value is -6.44. The third-order valence-electron chi connectivity index (χ3n) is 8.31. The fourth-order valence-electron chi connectivity index (χ4n) is 5.93. The monoisotopic (exact) mass is 586 g/mol. The zero-order valence-corrected chi connectivity index (χ0v) is 24.8. The van der Waals surface area contributed by atoms with E-state index in [1.165, 1.54) is 0 Å². The highest BCUT2D eigenvalue weighted by atomic mass is 15.0. The Labute approximate surface area is 267 Å². The van der Waals surface area contributed by atoms with E-state index in [9.17, 15) is 0 Å². The van der Waals surface area contributed by atoms with E-state index in [1.54, 1.807) is 0 Å². The number of rotatable bonds is 5. The first-order valence-electron chi connectivity index (χ1n) is 15.1. The van der Waals surface area contributed by atoms with Crippen LogP contribution in [0.2, 0.25) is 0 Å². The van der Waals surface area contributed by atoms with Gasteiger partial charge in [0.25, 0.3) is 0 Å². The Morgan fingerprint density at radius 3 is 1.61 bits per heavy atom. The zero-order chi connectivity index (χ0) is 30.9. The van der Waals surface area contributed by atoms with E-state index in [0.717, 1.165) is 60.5 Å². The van der Waals surface area contributed by atoms with Crippen molar-refractivity contribution >= 4 is 27.2 Å². The average Bonchev–Trinajstić information content (AvgIpc) is 3.14. The van der Waals surface area contributed by atoms with Crippen LogP contribution in [0.15, 0.2) is 158 Å². The fourth-order valence-corrected chi connectivity index (χ4v) is 5.93. The van der Waals surface area contributed by atoms with Crippen LogP contribution >= 0.6 is 0 Å². The second-order valence-electron chi connectivity index (χ2n) is 11.2. The summed E-state index contributed by atoms with van der Waals surface area (Å²) in [6.07, 6.45) is 0. The smallest absolute Gasteiger partial charge is 0.187 e. The summed E-state index contributed by atoms with van der Waals surface area (Å²) in [5.74, 6) is 1.89. The molecule has 1 heterocycles. The Kier molecular flexibility index (Phi) is 6.83. The highest BCUT2D eigenvalue weighted by Gasteiger charge is 2.16. The molecule has 46 heavy (non-hydrogen) atoms. The van der Waals surface area contributed by atoms with E-state index in [0.29, 0.717) is 23.2 Å². The minimum atomic E-state index is 0.624. The third-order valence-corrected chi connectivity index (χ3v) is 8.31. The molecule has 0 unspecified atom stereocenters. The molecule has 0 radical (unpaired) electrons. The first kappa shape index (κ1) is 27.1. The molecule has 0 aliphatic carbocycles. The van der Waals surface area contributed by atoms with Gasteiger partial charge in [-0.25, -0.2) is 19.8 Å². The summed E-state index contributed by atoms with van der Waals surface area (Å²) in [6.45, 7) is 7.23. The standard InChI is InChI=1S/C42H26N4/c1-43-37-22-20-29(21-23-37)31-16-17-33-25-35(19-18-32(33)24-31)41-44-40(30-12-6-3-7-13-30)45-42(46-41)39-27-36(28-10-4-2-5-11-28)26-34-14-8-9-15-38(34)39/h2-27H. The van der Waals surface area contributed by atoms with E-state index in [4.69, 9.17) is 21.5 Å². The Morgan fingerprint density at radius 1 is 0.370 bits per heavy atom. The Morgan fingerprint density at radius 2 is 0.891 bits per heavy atom. The summed E-state index contributed by atoms with van der Waals surface area (Å²) in [6, 6.07) is 53.8. The van der Waals surface area contributed by atoms with Crippen molar-refractivity contribution in [3.05, 3.63) is 169 Å². The molecule has 0 aliphatic heterocycles. The minimum Gasteiger partial charge on any atom is -0.238 e. The van der Waals surface area contributed by atoms with Gasteiger partial charge in [0.05, 0.1) is 6.57 Å². The number of hydrogen-bond acceptors (Lipinski definition) is 3. The van der Waals surface area contributed by atoms with Crippen molar-refractivity contribution in [2.24, 2.45) is 0 Å². The van der Waals surface area contributed by atoms with Crippen LogP contribution in [0.3, 0.4) is 0 Å². The summed E-state index contributed by atoms with van der Waals surface area (Å²) in [5, 5.41) is 4.44. The van der Waals surface area contributed by atoms with Gasteiger partial charge in [-0.3, -0.25) is 0 Å². The molecule has 0 fully saturated rings. The molecule has 1 aromatic heterocycles. The fraction of sp³-hybridized carbons (Fsp3) is 0. The summed E-state index contributed by atoms with van der Waals surface area (Å²) in [7, 11) is 0. The highest BCUT2D eigenvalue weighted by Crippen LogP contribution is 2.35. The van der Waals surface area contributed by atoms with Crippen LogP contribution in [-0.2, 0) is 0 Å². The van der Waals surface area contributed by atoms with Crippen LogP contribution in [-0.4, -0.2) is 15.0 Å². The quantitative estimate of drug-likeness (QED) is 0.188. The molecule has 0 saturated carbocycles. The van der Waals surface area contributed by atoms with E-state index >= 15 is 0 Å². The third kappa shape index (κ3) is 5.17. The van der Waals surface area contributed by atoms with Crippen molar-refractivity contribution in [3.8, 4) is 56.4 Å². The minimum absolute atomic E-state index is 0.624. The van der Waals surface area contributed by atoms with Crippen LogP contribution < -0.4 is 0 Å². The van der Waals surface area contributed by atoms with E-state index in [-0.39, 0.29) is 0 Å². The molecule has 0 amide bonds. The Balaban J connectivity index is 1.28. The molecule has 4 nitrogen and oxygen atoms in total. The normalized spacial score (nSPS) is 11.0. The van der Waals surface area contributed by atoms with Gasteiger partial charge in [0.2, 0.25) is 0 Å². The zero-order valence-electron chi connectivity index (χ0n) is 24.8. The lowest BCUT2D eigenvalue weighted by Gasteiger charge is -2.13. The maximum absolute atomic E-state index is 7.23. The molecule has 0 N–H and O–H groups in total. The largest absolute Gasteiger partial charge is 0.238 e. The second-order valence-corrected chi connectivity index (χ2v) is 11.2. The van der Waals surface area contributed by atoms with Gasteiger partial charge in [-0.2, -0.15) is 0 Å². The maximum atomic E-state index is 7.23. The molecule has 8 rings (SSSR count). The van der Waals surface area contributed by atoms with E-state index in [1.807, 2.05) is 60.7 Å². The van der Waals surface area contributed by atoms with Crippen molar-refractivity contribution in [1.82, 2.24) is 15.0 Å². The van der Waals surface area contributed by atoms with Gasteiger partial charge in [0, 0.05) is 16.7 Å². The molecule has 0 aliphatic rings. The van der Waals surface area contributed by atoms with E-state index in [2.05, 4.69) is 102 Å². The predicted molar refractivity (Wildman–Crippen MR) is 188 cm³/mol. The Bertz CT molecular complexity index is 2410. The maximum Gasteiger partial charge on any atom is 0.187 e. The number of benzene rings is 7. The van der Waals surface area contributed by atoms with Gasteiger partial charge in [0.1, 0.15) is 0 Å². The lowest BCUT2D eigenvalue weighted by Crippen LogP contribution is -2.01. The highest BCUT2D eigenvalue weighted by molar-refractivity contribution is 5.99. The summed E-state index contributed by atoms with van der Waals surface area (Å²) >= 11 is 0. The summed E-state index contributed by atoms with van der Waals surface area (Å²) in [4.78, 5) is 18.7. The van der Waals surface area contributed by atoms with Gasteiger partial charge < -0.3 is 0 Å². The van der Waals surface area contributed by atoms with Gasteiger partial charge in [0.15, 0.2) is 23.2 Å². The van der Waals surface area contributed by atoms with Crippen molar-refractivity contribution in [3.63, 3.8) is 0 Å². The van der Waals surface area contributed by atoms with Gasteiger partial charge in [-0.15, -0.1) is 0 Å². The molecule has 214 valence electrons. The lowest BCUT2D eigenvalue weighted by atomic mass is 9.96. The van der Waals surface area contributed by atoms with E-state index < -0.39 is 0 Å². The number of fused-ring (bicyclic) bond motifs is 2. The van der Waals surface area contributed by atoms with Crippen LogP contribution in [0.5, 0.6) is 0 Å². The lowest BCUT2D eigenvalue weighted by molar-refractivity contribution is 1.08. The van der Waals surface area contributed by atoms with Gasteiger partial charge in [-0.1, -0.05) is 133 Å². The van der Waals surface area contributed by atoms with Gasteiger partial charge >= 0.3 is 0 Å². The SMILES string of the molecule is [C-]#[N+]c1ccc(-c2ccc3cc(-c4nc(-c5ccccc5)nc(-c5cc(-c6ccccc6)cc6ccccc56)n4)ccc3c2)cc1. The average molecular weight is 587 g/mol. The molecule has 8 aromatic rings. The van der Waals surface area contributed by atoms with Crippen LogP contribution in [0, 0.1) is 6.57 Å². The first-order valence-corrected chi connectivity index (χ1v) is 15.1. The van der Waals surface area contributed by atoms with Crippen molar-refractivity contribution in [1.29, 1.82) is 0 Å². The number of hydrogen-bond donors (Lipinski definition) is 0. The summed E-state index contributed by atoms with van der Waals surface area (Å²) in [5.41, 5.74) is 7.91. The topological polar surface area (TPSA) is 43.0 Å². The summed E-state index contributed by atoms with van der Waals surface area (Å²) < 4.78 is 0. The van der Waals surface area contributed by atoms with Crippen molar-refractivity contribution in [2.75, 3.05) is 0 Å². The molecule has 0 bridgehead atoms. The van der Waals surface area contributed by atoms with Crippen molar-refractivity contribution in [2.45, 2.75) is 0 Å². The number of aromatic nitrogens is 3. The molecule has 4 heteroatoms. The first-order chi connectivity index (χ1) is 22.7. The predicted octanol–water partition coefficient (Wildman–Crippen LogP) is 11.1. The van der Waals surface area contributed by atoms with Crippen LogP contribution in [0.25, 0.3) is 82.8 Å². The number of nitrogens with zero attached hydrogens (tertiary/aromatic N) is 4. The molecular weight excluding hydrogens is 560 g/mol. The van der Waals surface area contributed by atoms with Crippen molar-refractivity contribution < 1.29 is 0 Å². The molecule has 7 aromatic carbocycles. The van der Waals surface area contributed by atoms with Crippen LogP contribution in [0.4, 0.5) is 5.69 Å². The van der Waals surface area contributed by atoms with Gasteiger partial charge in [-0.05, 0) is 68.1 Å².